The van der Waals surface area contributed by atoms with Crippen LogP contribution in [0, 0.1) is 0 Å². The van der Waals surface area contributed by atoms with Crippen molar-refractivity contribution in [3.63, 3.8) is 0 Å². The molecule has 1 saturated heterocycles. The Hall–Kier alpha value is -0.160. The van der Waals surface area contributed by atoms with Crippen LogP contribution in [0.1, 0.15) is 6.92 Å². The zero-order valence-corrected chi connectivity index (χ0v) is 7.57. The summed E-state index contributed by atoms with van der Waals surface area (Å²) in [6.45, 7) is 6.13. The first-order valence-electron chi connectivity index (χ1n) is 4.47. The molecule has 1 fully saturated rings. The van der Waals surface area contributed by atoms with E-state index in [2.05, 4.69) is 4.90 Å². The van der Waals surface area contributed by atoms with Crippen molar-refractivity contribution in [2.45, 2.75) is 13.2 Å². The van der Waals surface area contributed by atoms with Gasteiger partial charge in [0.25, 0.3) is 0 Å². The van der Waals surface area contributed by atoms with Crippen LogP contribution in [0.15, 0.2) is 0 Å². The summed E-state index contributed by atoms with van der Waals surface area (Å²) in [5.74, 6) is 0. The maximum atomic E-state index is 11.0. The summed E-state index contributed by atoms with van der Waals surface area (Å²) >= 11 is 0. The first kappa shape index (κ1) is 9.92. The molecule has 1 rings (SSSR count). The fourth-order valence-electron chi connectivity index (χ4n) is 1.49. The fourth-order valence-corrected chi connectivity index (χ4v) is 1.49. The zero-order valence-electron chi connectivity index (χ0n) is 7.57. The van der Waals surface area contributed by atoms with Gasteiger partial charge in [-0.3, -0.25) is 9.80 Å². The van der Waals surface area contributed by atoms with Crippen molar-refractivity contribution in [2.24, 2.45) is 0 Å². The first-order chi connectivity index (χ1) is 5.74. The van der Waals surface area contributed by atoms with E-state index in [4.69, 9.17) is 5.11 Å². The molecule has 1 radical (unpaired) electrons. The second-order valence-electron chi connectivity index (χ2n) is 3.20. The van der Waals surface area contributed by atoms with Crippen LogP contribution >= 0.6 is 0 Å². The molecule has 0 aromatic carbocycles. The van der Waals surface area contributed by atoms with E-state index in [9.17, 15) is 5.11 Å². The van der Waals surface area contributed by atoms with Crippen molar-refractivity contribution in [3.05, 3.63) is 0 Å². The van der Waals surface area contributed by atoms with Crippen molar-refractivity contribution in [3.8, 4) is 0 Å². The molecule has 12 heavy (non-hydrogen) atoms. The van der Waals surface area contributed by atoms with E-state index in [0.717, 1.165) is 32.7 Å². The summed E-state index contributed by atoms with van der Waals surface area (Å²) in [5.41, 5.74) is 0. The summed E-state index contributed by atoms with van der Waals surface area (Å²) in [4.78, 5) is 4.10. The molecule has 0 aliphatic carbocycles. The minimum absolute atomic E-state index is 0.215. The standard InChI is InChI=1S/C8H17N2O2/c1-8(12)10-4-2-9(3-5-10)6-7-11/h8,11H,2-7H2,1H3. The van der Waals surface area contributed by atoms with Gasteiger partial charge in [0.2, 0.25) is 0 Å². The van der Waals surface area contributed by atoms with Crippen LogP contribution in [0.4, 0.5) is 0 Å². The van der Waals surface area contributed by atoms with Crippen molar-refractivity contribution in [2.75, 3.05) is 39.3 Å². The van der Waals surface area contributed by atoms with Gasteiger partial charge in [-0.05, 0) is 6.92 Å². The van der Waals surface area contributed by atoms with E-state index in [0.29, 0.717) is 0 Å². The number of nitrogens with zero attached hydrogens (tertiary/aromatic N) is 2. The molecular weight excluding hydrogens is 156 g/mol. The molecule has 1 aliphatic heterocycles. The maximum Gasteiger partial charge on any atom is 0.143 e. The highest BCUT2D eigenvalue weighted by Crippen LogP contribution is 2.03. The summed E-state index contributed by atoms with van der Waals surface area (Å²) in [5, 5.41) is 19.7. The monoisotopic (exact) mass is 173 g/mol. The van der Waals surface area contributed by atoms with Crippen LogP contribution in [0.3, 0.4) is 0 Å². The highest BCUT2D eigenvalue weighted by molar-refractivity contribution is 4.71. The average molecular weight is 173 g/mol. The van der Waals surface area contributed by atoms with Gasteiger partial charge in [-0.15, -0.1) is 0 Å². The number of hydrogen-bond acceptors (Lipinski definition) is 3. The number of rotatable bonds is 3. The number of aliphatic hydroxyl groups excluding tert-OH is 1. The summed E-state index contributed by atoms with van der Waals surface area (Å²) in [6.07, 6.45) is -0.582. The fraction of sp³-hybridized carbons (Fsp3) is 1.00. The van der Waals surface area contributed by atoms with E-state index in [-0.39, 0.29) is 6.61 Å². The Bertz CT molecular complexity index is 122. The van der Waals surface area contributed by atoms with Crippen molar-refractivity contribution >= 4 is 0 Å². The van der Waals surface area contributed by atoms with Gasteiger partial charge in [-0.1, -0.05) is 0 Å². The largest absolute Gasteiger partial charge is 0.395 e. The Labute approximate surface area is 73.4 Å². The maximum absolute atomic E-state index is 11.0. The van der Waals surface area contributed by atoms with E-state index in [1.54, 1.807) is 6.92 Å². The van der Waals surface area contributed by atoms with Gasteiger partial charge in [0.15, 0.2) is 0 Å². The van der Waals surface area contributed by atoms with Crippen molar-refractivity contribution in [1.29, 1.82) is 0 Å². The lowest BCUT2D eigenvalue weighted by atomic mass is 10.3. The molecule has 4 nitrogen and oxygen atoms in total. The second-order valence-corrected chi connectivity index (χ2v) is 3.20. The second kappa shape index (κ2) is 4.77. The molecule has 1 N–H and O–H groups in total. The third kappa shape index (κ3) is 2.71. The average Bonchev–Trinajstić information content (AvgIpc) is 2.06. The first-order valence-corrected chi connectivity index (χ1v) is 4.47. The molecule has 0 bridgehead atoms. The minimum atomic E-state index is -0.582. The molecule has 0 saturated carbocycles. The van der Waals surface area contributed by atoms with Gasteiger partial charge < -0.3 is 5.11 Å². The normalized spacial score (nSPS) is 24.2. The molecular formula is C8H17N2O2. The van der Waals surface area contributed by atoms with Crippen LogP contribution in [0.5, 0.6) is 0 Å². The summed E-state index contributed by atoms with van der Waals surface area (Å²) < 4.78 is 0. The van der Waals surface area contributed by atoms with Crippen molar-refractivity contribution < 1.29 is 10.2 Å². The Morgan fingerprint density at radius 2 is 1.92 bits per heavy atom. The number of piperazine rings is 1. The van der Waals surface area contributed by atoms with Gasteiger partial charge in [0.1, 0.15) is 6.23 Å². The molecule has 0 aromatic rings. The summed E-state index contributed by atoms with van der Waals surface area (Å²) in [6, 6.07) is 0. The number of aliphatic hydroxyl groups is 1. The zero-order chi connectivity index (χ0) is 8.97. The van der Waals surface area contributed by atoms with Gasteiger partial charge >= 0.3 is 0 Å². The molecule has 1 atom stereocenters. The molecule has 1 heterocycles. The van der Waals surface area contributed by atoms with Crippen LogP contribution in [0.25, 0.3) is 0 Å². The van der Waals surface area contributed by atoms with E-state index < -0.39 is 6.23 Å². The Kier molecular flexibility index (Phi) is 3.94. The molecule has 4 heteroatoms. The Morgan fingerprint density at radius 1 is 1.33 bits per heavy atom. The van der Waals surface area contributed by atoms with Crippen LogP contribution < -0.4 is 0 Å². The third-order valence-corrected chi connectivity index (χ3v) is 2.34. The van der Waals surface area contributed by atoms with E-state index in [1.165, 1.54) is 0 Å². The molecule has 71 valence electrons. The van der Waals surface area contributed by atoms with E-state index in [1.807, 2.05) is 4.90 Å². The van der Waals surface area contributed by atoms with Gasteiger partial charge in [-0.2, -0.15) is 0 Å². The molecule has 0 aromatic heterocycles. The molecule has 0 amide bonds. The van der Waals surface area contributed by atoms with Crippen LogP contribution in [-0.2, 0) is 5.11 Å². The van der Waals surface area contributed by atoms with Crippen molar-refractivity contribution in [1.82, 2.24) is 9.80 Å². The molecule has 1 aliphatic rings. The van der Waals surface area contributed by atoms with Crippen LogP contribution in [0.2, 0.25) is 0 Å². The summed E-state index contributed by atoms with van der Waals surface area (Å²) in [7, 11) is 0. The predicted molar refractivity (Wildman–Crippen MR) is 45.2 cm³/mol. The van der Waals surface area contributed by atoms with Gasteiger partial charge in [0.05, 0.1) is 6.61 Å². The topological polar surface area (TPSA) is 46.6 Å². The lowest BCUT2D eigenvalue weighted by Gasteiger charge is -2.34. The molecule has 0 spiro atoms. The van der Waals surface area contributed by atoms with Gasteiger partial charge in [0, 0.05) is 32.7 Å². The highest BCUT2D eigenvalue weighted by Gasteiger charge is 2.19. The minimum Gasteiger partial charge on any atom is -0.395 e. The lowest BCUT2D eigenvalue weighted by molar-refractivity contribution is -0.0565. The number of hydrogen-bond donors (Lipinski definition) is 1. The molecule has 1 unspecified atom stereocenters. The smallest absolute Gasteiger partial charge is 0.143 e. The van der Waals surface area contributed by atoms with Crippen LogP contribution in [-0.4, -0.2) is 60.5 Å². The highest BCUT2D eigenvalue weighted by atomic mass is 16.3. The SMILES string of the molecule is CC([O])N1CCN(CCO)CC1. The number of β-amino-alcohol motifs (C(OH)–C–C–N with tert-alkyl or cyclic N) is 1. The van der Waals surface area contributed by atoms with Gasteiger partial charge in [-0.25, -0.2) is 5.11 Å². The predicted octanol–water partition coefficient (Wildman–Crippen LogP) is -0.627. The third-order valence-electron chi connectivity index (χ3n) is 2.34. The Balaban J connectivity index is 2.20. The lowest BCUT2D eigenvalue weighted by Crippen LogP contribution is -2.49. The quantitative estimate of drug-likeness (QED) is 0.618. The van der Waals surface area contributed by atoms with E-state index >= 15 is 0 Å². The Morgan fingerprint density at radius 3 is 2.33 bits per heavy atom.